The molecule has 1 aromatic rings. The summed E-state index contributed by atoms with van der Waals surface area (Å²) in [7, 11) is 0. The summed E-state index contributed by atoms with van der Waals surface area (Å²) in [6.07, 6.45) is 5.07. The van der Waals surface area contributed by atoms with E-state index in [1.165, 1.54) is 6.42 Å². The van der Waals surface area contributed by atoms with E-state index < -0.39 is 0 Å². The van der Waals surface area contributed by atoms with Gasteiger partial charge in [0, 0.05) is 25.7 Å². The van der Waals surface area contributed by atoms with Crippen LogP contribution in [0.5, 0.6) is 0 Å². The van der Waals surface area contributed by atoms with E-state index in [9.17, 15) is 5.11 Å². The van der Waals surface area contributed by atoms with E-state index in [0.29, 0.717) is 0 Å². The van der Waals surface area contributed by atoms with Crippen LogP contribution in [-0.2, 0) is 0 Å². The Kier molecular flexibility index (Phi) is 3.55. The molecule has 5 nitrogen and oxygen atoms in total. The monoisotopic (exact) mass is 262 g/mol. The normalized spacial score (nSPS) is 27.3. The molecule has 0 amide bonds. The third-order valence-electron chi connectivity index (χ3n) is 4.27. The van der Waals surface area contributed by atoms with Gasteiger partial charge in [-0.3, -0.25) is 0 Å². The zero-order valence-corrected chi connectivity index (χ0v) is 11.5. The molecule has 104 valence electrons. The molecule has 0 saturated carbocycles. The average Bonchev–Trinajstić information content (AvgIpc) is 3.07. The maximum absolute atomic E-state index is 9.42. The molecule has 2 atom stereocenters. The molecule has 3 rings (SSSR count). The van der Waals surface area contributed by atoms with Gasteiger partial charge in [0.1, 0.15) is 18.0 Å². The topological polar surface area (TPSA) is 52.5 Å². The minimum Gasteiger partial charge on any atom is -0.394 e. The average molecular weight is 262 g/mol. The number of anilines is 2. The molecule has 1 aromatic heterocycles. The fourth-order valence-electron chi connectivity index (χ4n) is 3.14. The second-order valence-corrected chi connectivity index (χ2v) is 5.75. The highest BCUT2D eigenvalue weighted by Gasteiger charge is 2.26. The van der Waals surface area contributed by atoms with Gasteiger partial charge in [0.2, 0.25) is 0 Å². The van der Waals surface area contributed by atoms with Crippen LogP contribution in [0.1, 0.15) is 26.2 Å². The van der Waals surface area contributed by atoms with Crippen molar-refractivity contribution in [3.8, 4) is 0 Å². The summed E-state index contributed by atoms with van der Waals surface area (Å²) in [4.78, 5) is 13.3. The quantitative estimate of drug-likeness (QED) is 0.889. The molecule has 19 heavy (non-hydrogen) atoms. The summed E-state index contributed by atoms with van der Waals surface area (Å²) in [5.74, 6) is 2.73. The Bertz CT molecular complexity index is 439. The Hall–Kier alpha value is -1.36. The zero-order chi connectivity index (χ0) is 13.2. The summed E-state index contributed by atoms with van der Waals surface area (Å²) in [6, 6.07) is 2.30. The number of rotatable bonds is 3. The van der Waals surface area contributed by atoms with E-state index in [1.54, 1.807) is 6.33 Å². The van der Waals surface area contributed by atoms with Crippen molar-refractivity contribution in [2.24, 2.45) is 5.92 Å². The molecule has 2 unspecified atom stereocenters. The van der Waals surface area contributed by atoms with Gasteiger partial charge in [-0.25, -0.2) is 9.97 Å². The van der Waals surface area contributed by atoms with Crippen molar-refractivity contribution in [1.29, 1.82) is 0 Å². The number of aliphatic hydroxyl groups excluding tert-OH is 1. The highest BCUT2D eigenvalue weighted by molar-refractivity contribution is 5.51. The first kappa shape index (κ1) is 12.7. The second-order valence-electron chi connectivity index (χ2n) is 5.75. The van der Waals surface area contributed by atoms with Crippen molar-refractivity contribution in [1.82, 2.24) is 9.97 Å². The third-order valence-corrected chi connectivity index (χ3v) is 4.27. The molecule has 0 spiro atoms. The van der Waals surface area contributed by atoms with Crippen molar-refractivity contribution < 1.29 is 5.11 Å². The standard InChI is InChI=1S/C14H22N4O/c1-11-4-6-17(8-11)13-7-14(16-10-15-13)18-5-2-3-12(18)9-19/h7,10-12,19H,2-6,8-9H2,1H3. The lowest BCUT2D eigenvalue weighted by atomic mass is 10.2. The van der Waals surface area contributed by atoms with Crippen LogP contribution < -0.4 is 9.80 Å². The minimum atomic E-state index is 0.208. The van der Waals surface area contributed by atoms with Gasteiger partial charge in [0.25, 0.3) is 0 Å². The van der Waals surface area contributed by atoms with Crippen molar-refractivity contribution in [2.45, 2.75) is 32.2 Å². The van der Waals surface area contributed by atoms with E-state index in [1.807, 2.05) is 0 Å². The Morgan fingerprint density at radius 2 is 2.11 bits per heavy atom. The lowest BCUT2D eigenvalue weighted by Crippen LogP contribution is -2.33. The van der Waals surface area contributed by atoms with Gasteiger partial charge < -0.3 is 14.9 Å². The zero-order valence-electron chi connectivity index (χ0n) is 11.5. The van der Waals surface area contributed by atoms with Crippen molar-refractivity contribution in [3.63, 3.8) is 0 Å². The van der Waals surface area contributed by atoms with Crippen LogP contribution in [0.25, 0.3) is 0 Å². The highest BCUT2D eigenvalue weighted by atomic mass is 16.3. The summed E-state index contributed by atoms with van der Waals surface area (Å²) >= 11 is 0. The maximum Gasteiger partial charge on any atom is 0.134 e. The SMILES string of the molecule is CC1CCN(c2cc(N3CCCC3CO)ncn2)C1. The molecule has 0 aliphatic carbocycles. The first-order valence-corrected chi connectivity index (χ1v) is 7.22. The van der Waals surface area contributed by atoms with Gasteiger partial charge in [0.15, 0.2) is 0 Å². The van der Waals surface area contributed by atoms with Crippen molar-refractivity contribution in [3.05, 3.63) is 12.4 Å². The van der Waals surface area contributed by atoms with E-state index in [-0.39, 0.29) is 12.6 Å². The maximum atomic E-state index is 9.42. The summed E-state index contributed by atoms with van der Waals surface area (Å²) < 4.78 is 0. The Labute approximate surface area is 114 Å². The molecule has 2 saturated heterocycles. The lowest BCUT2D eigenvalue weighted by Gasteiger charge is -2.25. The molecule has 2 aliphatic rings. The van der Waals surface area contributed by atoms with Crippen LogP contribution in [0.3, 0.4) is 0 Å². The van der Waals surface area contributed by atoms with Crippen molar-refractivity contribution in [2.75, 3.05) is 36.0 Å². The van der Waals surface area contributed by atoms with Gasteiger partial charge in [-0.1, -0.05) is 6.92 Å². The summed E-state index contributed by atoms with van der Waals surface area (Å²) in [6.45, 7) is 5.64. The number of hydrogen-bond acceptors (Lipinski definition) is 5. The molecule has 2 aliphatic heterocycles. The van der Waals surface area contributed by atoms with E-state index in [2.05, 4.69) is 32.8 Å². The van der Waals surface area contributed by atoms with Crippen LogP contribution >= 0.6 is 0 Å². The highest BCUT2D eigenvalue weighted by Crippen LogP contribution is 2.27. The van der Waals surface area contributed by atoms with Crippen LogP contribution in [0.4, 0.5) is 11.6 Å². The van der Waals surface area contributed by atoms with Gasteiger partial charge in [-0.15, -0.1) is 0 Å². The van der Waals surface area contributed by atoms with Gasteiger partial charge in [0.05, 0.1) is 12.6 Å². The molecule has 0 aromatic carbocycles. The van der Waals surface area contributed by atoms with Crippen LogP contribution in [0, 0.1) is 5.92 Å². The van der Waals surface area contributed by atoms with Crippen LogP contribution in [-0.4, -0.2) is 47.4 Å². The van der Waals surface area contributed by atoms with E-state index in [0.717, 1.165) is 50.0 Å². The Balaban J connectivity index is 1.79. The second kappa shape index (κ2) is 5.33. The molecule has 5 heteroatoms. The molecule has 2 fully saturated rings. The molecular formula is C14H22N4O. The minimum absolute atomic E-state index is 0.208. The van der Waals surface area contributed by atoms with Gasteiger partial charge >= 0.3 is 0 Å². The number of nitrogens with zero attached hydrogens (tertiary/aromatic N) is 4. The third kappa shape index (κ3) is 2.52. The van der Waals surface area contributed by atoms with Crippen LogP contribution in [0.2, 0.25) is 0 Å². The summed E-state index contributed by atoms with van der Waals surface area (Å²) in [5, 5.41) is 9.42. The van der Waals surface area contributed by atoms with Crippen LogP contribution in [0.15, 0.2) is 12.4 Å². The Morgan fingerprint density at radius 3 is 2.84 bits per heavy atom. The van der Waals surface area contributed by atoms with Gasteiger partial charge in [-0.05, 0) is 25.2 Å². The lowest BCUT2D eigenvalue weighted by molar-refractivity contribution is 0.266. The van der Waals surface area contributed by atoms with E-state index >= 15 is 0 Å². The Morgan fingerprint density at radius 1 is 1.26 bits per heavy atom. The fourth-order valence-corrected chi connectivity index (χ4v) is 3.14. The number of aliphatic hydroxyl groups is 1. The smallest absolute Gasteiger partial charge is 0.134 e. The predicted molar refractivity (Wildman–Crippen MR) is 75.5 cm³/mol. The van der Waals surface area contributed by atoms with E-state index in [4.69, 9.17) is 0 Å². The molecular weight excluding hydrogens is 240 g/mol. The predicted octanol–water partition coefficient (Wildman–Crippen LogP) is 1.28. The summed E-state index contributed by atoms with van der Waals surface area (Å²) in [5.41, 5.74) is 0. The first-order chi connectivity index (χ1) is 9.28. The first-order valence-electron chi connectivity index (χ1n) is 7.22. The fraction of sp³-hybridized carbons (Fsp3) is 0.714. The molecule has 3 heterocycles. The molecule has 1 N–H and O–H groups in total. The van der Waals surface area contributed by atoms with Gasteiger partial charge in [-0.2, -0.15) is 0 Å². The van der Waals surface area contributed by atoms with Crippen molar-refractivity contribution >= 4 is 11.6 Å². The number of hydrogen-bond donors (Lipinski definition) is 1. The largest absolute Gasteiger partial charge is 0.394 e. The molecule has 0 bridgehead atoms. The molecule has 0 radical (unpaired) electrons. The number of aromatic nitrogens is 2.